The first-order valence-corrected chi connectivity index (χ1v) is 12.7. The van der Waals surface area contributed by atoms with Crippen molar-refractivity contribution >= 4 is 17.8 Å². The van der Waals surface area contributed by atoms with Crippen molar-refractivity contribution in [2.75, 3.05) is 13.2 Å². The Hall–Kier alpha value is -3.57. The number of nitrogens with zero attached hydrogens (tertiary/aromatic N) is 1. The molecule has 3 rings (SSSR count). The van der Waals surface area contributed by atoms with Crippen LogP contribution in [0.4, 0.5) is 8.78 Å². The topological polar surface area (TPSA) is 118 Å². The van der Waals surface area contributed by atoms with E-state index in [1.54, 1.807) is 52.0 Å². The molecule has 11 heteroatoms. The summed E-state index contributed by atoms with van der Waals surface area (Å²) >= 11 is 0. The van der Waals surface area contributed by atoms with Crippen LogP contribution in [0.1, 0.15) is 58.1 Å². The fourth-order valence-corrected chi connectivity index (χ4v) is 3.92. The Bertz CT molecular complexity index is 1180. The van der Waals surface area contributed by atoms with Gasteiger partial charge in [0.2, 0.25) is 5.90 Å². The Morgan fingerprint density at radius 1 is 1.13 bits per heavy atom. The molecule has 2 aromatic rings. The van der Waals surface area contributed by atoms with E-state index in [0.29, 0.717) is 29.9 Å². The number of benzene rings is 2. The highest BCUT2D eigenvalue weighted by atomic mass is 19.2. The van der Waals surface area contributed by atoms with Crippen LogP contribution in [-0.2, 0) is 25.6 Å². The summed E-state index contributed by atoms with van der Waals surface area (Å²) in [6.45, 7) is 7.38. The second-order valence-corrected chi connectivity index (χ2v) is 10.2. The van der Waals surface area contributed by atoms with Crippen molar-refractivity contribution in [1.82, 2.24) is 10.9 Å². The Labute approximate surface area is 226 Å². The number of rotatable bonds is 12. The molecule has 0 aromatic heterocycles. The molecule has 1 amide bonds. The molecule has 39 heavy (non-hydrogen) atoms. The zero-order chi connectivity index (χ0) is 28.6. The predicted octanol–water partition coefficient (Wildman–Crippen LogP) is 3.57. The van der Waals surface area contributed by atoms with Gasteiger partial charge in [-0.05, 0) is 76.1 Å². The molecule has 2 atom stereocenters. The maximum atomic E-state index is 13.5. The van der Waals surface area contributed by atoms with E-state index in [4.69, 9.17) is 19.3 Å². The van der Waals surface area contributed by atoms with Gasteiger partial charge in [-0.3, -0.25) is 15.0 Å². The van der Waals surface area contributed by atoms with E-state index < -0.39 is 40.8 Å². The van der Waals surface area contributed by atoms with Gasteiger partial charge in [0.25, 0.3) is 5.91 Å². The Morgan fingerprint density at radius 3 is 2.49 bits per heavy atom. The molecule has 1 aliphatic heterocycles. The highest BCUT2D eigenvalue weighted by molar-refractivity contribution is 6.00. The van der Waals surface area contributed by atoms with Gasteiger partial charge in [0.05, 0.1) is 6.61 Å². The number of nitrogens with one attached hydrogen (secondary N) is 2. The summed E-state index contributed by atoms with van der Waals surface area (Å²) in [5.74, 6) is -2.16. The summed E-state index contributed by atoms with van der Waals surface area (Å²) in [6.07, 6.45) is -0.307. The Morgan fingerprint density at radius 2 is 1.85 bits per heavy atom. The van der Waals surface area contributed by atoms with Crippen LogP contribution in [0.3, 0.4) is 0 Å². The third-order valence-corrected chi connectivity index (χ3v) is 5.94. The van der Waals surface area contributed by atoms with Crippen LogP contribution in [0.2, 0.25) is 0 Å². The average molecular weight is 548 g/mol. The van der Waals surface area contributed by atoms with Crippen LogP contribution in [0, 0.1) is 11.6 Å². The molecule has 9 nitrogen and oxygen atoms in total. The van der Waals surface area contributed by atoms with E-state index in [-0.39, 0.29) is 31.9 Å². The first kappa shape index (κ1) is 30.0. The number of hydrogen-bond acceptors (Lipinski definition) is 8. The second-order valence-electron chi connectivity index (χ2n) is 10.2. The molecule has 2 aromatic carbocycles. The van der Waals surface area contributed by atoms with Crippen molar-refractivity contribution in [3.8, 4) is 5.75 Å². The molecule has 0 fully saturated rings. The molecule has 0 unspecified atom stereocenters. The van der Waals surface area contributed by atoms with Gasteiger partial charge < -0.3 is 19.3 Å². The SMILES string of the molecule is C[C@@H]1OC(c2ccc(OCCCO)cc2)=N[C@]1(CCC(=O)OC(C)(C)C)C(=O)NNCc1ccc(F)c(F)c1. The second kappa shape index (κ2) is 13.0. The van der Waals surface area contributed by atoms with Crippen molar-refractivity contribution in [3.05, 3.63) is 65.2 Å². The number of carbonyl (C=O) groups excluding carboxylic acids is 2. The number of carbonyl (C=O) groups is 2. The smallest absolute Gasteiger partial charge is 0.306 e. The quantitative estimate of drug-likeness (QED) is 0.211. The number of aliphatic hydroxyl groups is 1. The number of esters is 1. The molecule has 3 N–H and O–H groups in total. The third-order valence-electron chi connectivity index (χ3n) is 5.94. The molecule has 0 spiro atoms. The molecular formula is C28H35F2N3O6. The first-order valence-electron chi connectivity index (χ1n) is 12.7. The normalized spacial score (nSPS) is 18.7. The standard InChI is InChI=1S/C28H35F2N3O6/c1-18-28(13-12-24(35)39-27(2,3)4,26(36)33-31-17-19-6-11-22(29)23(30)16-19)32-25(38-18)20-7-9-21(10-8-20)37-15-5-14-34/h6-11,16,18,31,34H,5,12-15,17H2,1-4H3,(H,33,36)/t18-,28-/m0/s1. The number of aliphatic hydroxyl groups excluding tert-OH is 1. The predicted molar refractivity (Wildman–Crippen MR) is 140 cm³/mol. The lowest BCUT2D eigenvalue weighted by Gasteiger charge is -2.28. The maximum absolute atomic E-state index is 13.5. The van der Waals surface area contributed by atoms with E-state index in [2.05, 4.69) is 15.8 Å². The zero-order valence-corrected chi connectivity index (χ0v) is 22.6. The van der Waals surface area contributed by atoms with E-state index in [1.165, 1.54) is 6.07 Å². The maximum Gasteiger partial charge on any atom is 0.306 e. The van der Waals surface area contributed by atoms with Crippen LogP contribution in [0.15, 0.2) is 47.5 Å². The monoisotopic (exact) mass is 547 g/mol. The fraction of sp³-hybridized carbons (Fsp3) is 0.464. The Kier molecular flexibility index (Phi) is 9.98. The molecule has 0 saturated heterocycles. The summed E-state index contributed by atoms with van der Waals surface area (Å²) in [7, 11) is 0. The summed E-state index contributed by atoms with van der Waals surface area (Å²) in [5, 5.41) is 8.91. The van der Waals surface area contributed by atoms with Gasteiger partial charge in [-0.15, -0.1) is 0 Å². The molecule has 0 radical (unpaired) electrons. The number of ether oxygens (including phenoxy) is 3. The minimum Gasteiger partial charge on any atom is -0.494 e. The van der Waals surface area contributed by atoms with Gasteiger partial charge in [-0.25, -0.2) is 19.2 Å². The zero-order valence-electron chi connectivity index (χ0n) is 22.6. The molecule has 212 valence electrons. The van der Waals surface area contributed by atoms with E-state index in [0.717, 1.165) is 12.1 Å². The van der Waals surface area contributed by atoms with Crippen LogP contribution >= 0.6 is 0 Å². The summed E-state index contributed by atoms with van der Waals surface area (Å²) in [4.78, 5) is 30.6. The summed E-state index contributed by atoms with van der Waals surface area (Å²) < 4.78 is 43.7. The van der Waals surface area contributed by atoms with Crippen molar-refractivity contribution in [2.24, 2.45) is 4.99 Å². The fourth-order valence-electron chi connectivity index (χ4n) is 3.92. The van der Waals surface area contributed by atoms with Crippen molar-refractivity contribution in [2.45, 2.75) is 70.7 Å². The average Bonchev–Trinajstić information content (AvgIpc) is 3.21. The number of amides is 1. The molecular weight excluding hydrogens is 512 g/mol. The lowest BCUT2D eigenvalue weighted by Crippen LogP contribution is -2.54. The lowest BCUT2D eigenvalue weighted by atomic mass is 9.88. The summed E-state index contributed by atoms with van der Waals surface area (Å²) in [6, 6.07) is 10.4. The minimum absolute atomic E-state index is 0.00756. The highest BCUT2D eigenvalue weighted by Gasteiger charge is 2.50. The van der Waals surface area contributed by atoms with Gasteiger partial charge in [0, 0.05) is 31.6 Å². The van der Waals surface area contributed by atoms with E-state index >= 15 is 0 Å². The first-order chi connectivity index (χ1) is 18.4. The van der Waals surface area contributed by atoms with Crippen molar-refractivity contribution in [3.63, 3.8) is 0 Å². The highest BCUT2D eigenvalue weighted by Crippen LogP contribution is 2.34. The minimum atomic E-state index is -1.47. The van der Waals surface area contributed by atoms with Crippen molar-refractivity contribution in [1.29, 1.82) is 0 Å². The van der Waals surface area contributed by atoms with Gasteiger partial charge in [0.1, 0.15) is 17.5 Å². The lowest BCUT2D eigenvalue weighted by molar-refractivity contribution is -0.155. The molecule has 1 heterocycles. The van der Waals surface area contributed by atoms with Gasteiger partial charge in [-0.1, -0.05) is 6.07 Å². The molecule has 0 bridgehead atoms. The van der Waals surface area contributed by atoms with Crippen LogP contribution < -0.4 is 15.6 Å². The van der Waals surface area contributed by atoms with Gasteiger partial charge >= 0.3 is 5.97 Å². The van der Waals surface area contributed by atoms with Gasteiger partial charge in [0.15, 0.2) is 17.2 Å². The number of aliphatic imine (C=N–C) groups is 1. The van der Waals surface area contributed by atoms with Crippen molar-refractivity contribution < 1.29 is 37.7 Å². The van der Waals surface area contributed by atoms with Crippen LogP contribution in [0.5, 0.6) is 5.75 Å². The molecule has 0 saturated carbocycles. The largest absolute Gasteiger partial charge is 0.494 e. The third kappa shape index (κ3) is 8.21. The van der Waals surface area contributed by atoms with E-state index in [1.807, 2.05) is 0 Å². The number of halogens is 2. The molecule has 0 aliphatic carbocycles. The van der Waals surface area contributed by atoms with Crippen LogP contribution in [-0.4, -0.2) is 53.3 Å². The summed E-state index contributed by atoms with van der Waals surface area (Å²) in [5.41, 5.74) is 4.16. The van der Waals surface area contributed by atoms with Crippen LogP contribution in [0.25, 0.3) is 0 Å². The molecule has 1 aliphatic rings. The Balaban J connectivity index is 1.78. The van der Waals surface area contributed by atoms with Gasteiger partial charge in [-0.2, -0.15) is 0 Å². The number of hydrazine groups is 1. The number of hydrogen-bond donors (Lipinski definition) is 3. The van der Waals surface area contributed by atoms with E-state index in [9.17, 15) is 18.4 Å².